The van der Waals surface area contributed by atoms with Crippen molar-refractivity contribution in [1.29, 1.82) is 0 Å². The maximum absolute atomic E-state index is 12.6. The molecule has 2 aromatic carbocycles. The molecule has 5 nitrogen and oxygen atoms in total. The first-order valence-corrected chi connectivity index (χ1v) is 8.37. The van der Waals surface area contributed by atoms with Gasteiger partial charge in [-0.1, -0.05) is 31.2 Å². The van der Waals surface area contributed by atoms with Crippen LogP contribution in [0.2, 0.25) is 0 Å². The largest absolute Gasteiger partial charge is 0.451 e. The van der Waals surface area contributed by atoms with Gasteiger partial charge < -0.3 is 9.73 Å². The molecule has 0 atom stereocenters. The van der Waals surface area contributed by atoms with Crippen LogP contribution >= 0.6 is 0 Å². The summed E-state index contributed by atoms with van der Waals surface area (Å²) >= 11 is 0. The normalized spacial score (nSPS) is 11.0. The van der Waals surface area contributed by atoms with Crippen LogP contribution in [-0.2, 0) is 6.42 Å². The number of nitrogens with zero attached hydrogens (tertiary/aromatic N) is 1. The number of carbonyl (C=O) groups is 1. The van der Waals surface area contributed by atoms with E-state index in [0.717, 1.165) is 17.4 Å². The third kappa shape index (κ3) is 2.84. The fourth-order valence-corrected chi connectivity index (χ4v) is 2.92. The number of hydrogen-bond donors (Lipinski definition) is 1. The summed E-state index contributed by atoms with van der Waals surface area (Å²) in [6.07, 6.45) is 2.49. The third-order valence-electron chi connectivity index (χ3n) is 4.30. The zero-order valence-corrected chi connectivity index (χ0v) is 14.2. The molecule has 128 valence electrons. The molecule has 0 fully saturated rings. The van der Waals surface area contributed by atoms with Gasteiger partial charge in [0.2, 0.25) is 0 Å². The maximum Gasteiger partial charge on any atom is 0.291 e. The summed E-state index contributed by atoms with van der Waals surface area (Å²) in [5.74, 6) is -0.513. The lowest BCUT2D eigenvalue weighted by Crippen LogP contribution is -2.15. The van der Waals surface area contributed by atoms with E-state index in [0.29, 0.717) is 22.2 Å². The molecule has 4 rings (SSSR count). The van der Waals surface area contributed by atoms with E-state index >= 15 is 0 Å². The van der Waals surface area contributed by atoms with Crippen molar-refractivity contribution in [2.24, 2.45) is 0 Å². The Kier molecular flexibility index (Phi) is 3.97. The fraction of sp³-hybridized carbons (Fsp3) is 0.0952. The van der Waals surface area contributed by atoms with Crippen LogP contribution in [0.25, 0.3) is 21.9 Å². The Hall–Kier alpha value is -3.47. The lowest BCUT2D eigenvalue weighted by molar-refractivity contribution is 0.0997. The number of hydrogen-bond acceptors (Lipinski definition) is 4. The Balaban J connectivity index is 1.73. The van der Waals surface area contributed by atoms with Gasteiger partial charge in [0.05, 0.1) is 16.6 Å². The lowest BCUT2D eigenvalue weighted by atomic mass is 10.1. The first kappa shape index (κ1) is 16.0. The van der Waals surface area contributed by atoms with E-state index < -0.39 is 5.91 Å². The SMILES string of the molecule is CCc1ccc2oc(C(=O)Nc3cccc4cccnc34)cc(=O)c2c1. The Morgan fingerprint density at radius 1 is 1.12 bits per heavy atom. The van der Waals surface area contributed by atoms with Crippen LogP contribution < -0.4 is 10.7 Å². The molecule has 2 aromatic heterocycles. The van der Waals surface area contributed by atoms with Crippen molar-refractivity contribution in [1.82, 2.24) is 4.98 Å². The van der Waals surface area contributed by atoms with E-state index in [4.69, 9.17) is 4.42 Å². The number of fused-ring (bicyclic) bond motifs is 2. The molecule has 0 unspecified atom stereocenters. The molecule has 1 amide bonds. The Labute approximate surface area is 149 Å². The number of benzene rings is 2. The molecule has 4 aromatic rings. The number of carbonyl (C=O) groups excluding carboxylic acids is 1. The van der Waals surface area contributed by atoms with Gasteiger partial charge in [0, 0.05) is 17.6 Å². The van der Waals surface area contributed by atoms with Crippen molar-refractivity contribution in [3.8, 4) is 0 Å². The molecular weight excluding hydrogens is 328 g/mol. The third-order valence-corrected chi connectivity index (χ3v) is 4.30. The lowest BCUT2D eigenvalue weighted by Gasteiger charge is -2.08. The van der Waals surface area contributed by atoms with E-state index in [9.17, 15) is 9.59 Å². The highest BCUT2D eigenvalue weighted by atomic mass is 16.3. The molecule has 2 heterocycles. The highest BCUT2D eigenvalue weighted by Gasteiger charge is 2.14. The summed E-state index contributed by atoms with van der Waals surface area (Å²) in [5.41, 5.74) is 2.46. The summed E-state index contributed by atoms with van der Waals surface area (Å²) in [6, 6.07) is 15.9. The van der Waals surface area contributed by atoms with Crippen LogP contribution in [0.5, 0.6) is 0 Å². The van der Waals surface area contributed by atoms with E-state index in [1.807, 2.05) is 37.3 Å². The monoisotopic (exact) mass is 344 g/mol. The number of nitrogens with one attached hydrogen (secondary N) is 1. The number of amides is 1. The van der Waals surface area contributed by atoms with Gasteiger partial charge in [-0.05, 0) is 36.2 Å². The van der Waals surface area contributed by atoms with E-state index in [1.54, 1.807) is 24.4 Å². The predicted molar refractivity (Wildman–Crippen MR) is 102 cm³/mol. The zero-order valence-electron chi connectivity index (χ0n) is 14.2. The molecule has 0 radical (unpaired) electrons. The van der Waals surface area contributed by atoms with Crippen LogP contribution in [-0.4, -0.2) is 10.9 Å². The van der Waals surface area contributed by atoms with E-state index in [-0.39, 0.29) is 11.2 Å². The quantitative estimate of drug-likeness (QED) is 0.606. The van der Waals surface area contributed by atoms with Gasteiger partial charge in [0.25, 0.3) is 5.91 Å². The second-order valence-corrected chi connectivity index (χ2v) is 5.99. The minimum Gasteiger partial charge on any atom is -0.451 e. The van der Waals surface area contributed by atoms with Crippen LogP contribution in [0, 0.1) is 0 Å². The zero-order chi connectivity index (χ0) is 18.1. The van der Waals surface area contributed by atoms with Gasteiger partial charge in [-0.25, -0.2) is 0 Å². The average Bonchev–Trinajstić information content (AvgIpc) is 2.68. The van der Waals surface area contributed by atoms with Gasteiger partial charge in [0.15, 0.2) is 11.2 Å². The summed E-state index contributed by atoms with van der Waals surface area (Å²) in [4.78, 5) is 29.3. The molecule has 0 aliphatic carbocycles. The number of pyridine rings is 1. The second-order valence-electron chi connectivity index (χ2n) is 5.99. The predicted octanol–water partition coefficient (Wildman–Crippen LogP) is 4.16. The van der Waals surface area contributed by atoms with Crippen molar-refractivity contribution in [3.63, 3.8) is 0 Å². The van der Waals surface area contributed by atoms with Crippen molar-refractivity contribution >= 4 is 33.5 Å². The number of aryl methyl sites for hydroxylation is 1. The molecule has 0 spiro atoms. The molecule has 0 aliphatic rings. The molecule has 0 aliphatic heterocycles. The first-order chi connectivity index (χ1) is 12.7. The summed E-state index contributed by atoms with van der Waals surface area (Å²) in [5, 5.41) is 4.18. The average molecular weight is 344 g/mol. The van der Waals surface area contributed by atoms with Crippen LogP contribution in [0.1, 0.15) is 23.0 Å². The summed E-state index contributed by atoms with van der Waals surface area (Å²) in [7, 11) is 0. The van der Waals surface area contributed by atoms with Crippen molar-refractivity contribution in [2.45, 2.75) is 13.3 Å². The Morgan fingerprint density at radius 3 is 2.81 bits per heavy atom. The minimum absolute atomic E-state index is 0.0281. The topological polar surface area (TPSA) is 72.2 Å². The van der Waals surface area contributed by atoms with Crippen LogP contribution in [0.15, 0.2) is 70.0 Å². The molecule has 0 saturated carbocycles. The van der Waals surface area contributed by atoms with Gasteiger partial charge in [-0.2, -0.15) is 0 Å². The summed E-state index contributed by atoms with van der Waals surface area (Å²) in [6.45, 7) is 2.02. The van der Waals surface area contributed by atoms with E-state index in [2.05, 4.69) is 10.3 Å². The van der Waals surface area contributed by atoms with Gasteiger partial charge >= 0.3 is 0 Å². The highest BCUT2D eigenvalue weighted by molar-refractivity contribution is 6.07. The number of aromatic nitrogens is 1. The smallest absolute Gasteiger partial charge is 0.291 e. The molecule has 1 N–H and O–H groups in total. The molecular formula is C21H16N2O3. The van der Waals surface area contributed by atoms with Crippen molar-refractivity contribution in [3.05, 3.63) is 82.3 Å². The molecule has 5 heteroatoms. The molecule has 0 bridgehead atoms. The van der Waals surface area contributed by atoms with Gasteiger partial charge in [-0.15, -0.1) is 0 Å². The highest BCUT2D eigenvalue weighted by Crippen LogP contribution is 2.22. The summed E-state index contributed by atoms with van der Waals surface area (Å²) < 4.78 is 5.66. The van der Waals surface area contributed by atoms with Crippen LogP contribution in [0.4, 0.5) is 5.69 Å². The van der Waals surface area contributed by atoms with Crippen molar-refractivity contribution in [2.75, 3.05) is 5.32 Å². The standard InChI is InChI=1S/C21H16N2O3/c1-2-13-8-9-18-15(11-13)17(24)12-19(26-18)21(25)23-16-7-3-5-14-6-4-10-22-20(14)16/h3-12H,2H2,1H3,(H,23,25). The number of rotatable bonds is 3. The Morgan fingerprint density at radius 2 is 1.96 bits per heavy atom. The number of para-hydroxylation sites is 1. The molecule has 0 saturated heterocycles. The second kappa shape index (κ2) is 6.44. The minimum atomic E-state index is -0.485. The number of anilines is 1. The fourth-order valence-electron chi connectivity index (χ4n) is 2.92. The van der Waals surface area contributed by atoms with E-state index in [1.165, 1.54) is 6.07 Å². The Bertz CT molecular complexity index is 1190. The van der Waals surface area contributed by atoms with Crippen molar-refractivity contribution < 1.29 is 9.21 Å². The molecule has 26 heavy (non-hydrogen) atoms. The van der Waals surface area contributed by atoms with Gasteiger partial charge in [-0.3, -0.25) is 14.6 Å². The maximum atomic E-state index is 12.6. The first-order valence-electron chi connectivity index (χ1n) is 8.37. The van der Waals surface area contributed by atoms with Crippen LogP contribution in [0.3, 0.4) is 0 Å². The van der Waals surface area contributed by atoms with Gasteiger partial charge in [0.1, 0.15) is 5.58 Å².